The lowest BCUT2D eigenvalue weighted by Crippen LogP contribution is -2.35. The minimum Gasteiger partial charge on any atom is -0.486 e. The molecule has 0 bridgehead atoms. The number of hydrogen-bond acceptors (Lipinski definition) is 6. The molecule has 7 nitrogen and oxygen atoms in total. The van der Waals surface area contributed by atoms with Gasteiger partial charge < -0.3 is 14.0 Å². The number of aromatic nitrogens is 4. The van der Waals surface area contributed by atoms with Gasteiger partial charge in [0.1, 0.15) is 23.8 Å². The molecule has 0 amide bonds. The van der Waals surface area contributed by atoms with E-state index in [1.165, 1.54) is 12.1 Å². The second-order valence-electron chi connectivity index (χ2n) is 10.1. The first-order valence-electron chi connectivity index (χ1n) is 13.0. The van der Waals surface area contributed by atoms with Gasteiger partial charge in [-0.1, -0.05) is 35.3 Å². The topological polar surface area (TPSA) is 65.3 Å². The molecule has 0 spiro atoms. The zero-order chi connectivity index (χ0) is 26.9. The molecule has 0 N–H and O–H groups in total. The van der Waals surface area contributed by atoms with E-state index in [1.807, 2.05) is 6.07 Å². The fourth-order valence-corrected chi connectivity index (χ4v) is 5.50. The van der Waals surface area contributed by atoms with Crippen molar-refractivity contribution in [2.75, 3.05) is 19.7 Å². The van der Waals surface area contributed by atoms with E-state index in [1.54, 1.807) is 24.3 Å². The van der Waals surface area contributed by atoms with Gasteiger partial charge in [0.25, 0.3) is 0 Å². The van der Waals surface area contributed by atoms with Crippen molar-refractivity contribution in [3.63, 3.8) is 0 Å². The van der Waals surface area contributed by atoms with Crippen LogP contribution in [0.2, 0.25) is 10.2 Å². The number of piperidine rings is 1. The van der Waals surface area contributed by atoms with Crippen LogP contribution in [0.5, 0.6) is 5.75 Å². The quantitative estimate of drug-likeness (QED) is 0.251. The SMILES string of the molecule is Fc1cc(Cl)ccc1COc1cc(C2CCN(Cc3nc4cc(Cl)nnc4n3CC3CCO3)CC2)ccc1F. The lowest BCUT2D eigenvalue weighted by atomic mass is 9.89. The number of likely N-dealkylation sites (tertiary alicyclic amines) is 1. The number of benzene rings is 2. The van der Waals surface area contributed by atoms with E-state index < -0.39 is 11.6 Å². The van der Waals surface area contributed by atoms with Crippen molar-refractivity contribution in [1.29, 1.82) is 0 Å². The van der Waals surface area contributed by atoms with Gasteiger partial charge in [-0.25, -0.2) is 13.8 Å². The Labute approximate surface area is 234 Å². The highest BCUT2D eigenvalue weighted by Gasteiger charge is 2.26. The molecule has 2 aliphatic rings. The summed E-state index contributed by atoms with van der Waals surface area (Å²) in [6.07, 6.45) is 3.00. The lowest BCUT2D eigenvalue weighted by Gasteiger charge is -2.32. The first-order valence-corrected chi connectivity index (χ1v) is 13.8. The minimum atomic E-state index is -0.477. The van der Waals surface area contributed by atoms with Crippen LogP contribution in [0.15, 0.2) is 42.5 Å². The molecule has 204 valence electrons. The summed E-state index contributed by atoms with van der Waals surface area (Å²) in [6, 6.07) is 11.1. The van der Waals surface area contributed by atoms with Crippen LogP contribution < -0.4 is 4.74 Å². The predicted molar refractivity (Wildman–Crippen MR) is 144 cm³/mol. The fourth-order valence-electron chi connectivity index (χ4n) is 5.20. The van der Waals surface area contributed by atoms with E-state index in [9.17, 15) is 8.78 Å². The molecule has 6 rings (SSSR count). The maximum absolute atomic E-state index is 14.5. The highest BCUT2D eigenvalue weighted by molar-refractivity contribution is 6.30. The minimum absolute atomic E-state index is 0.0791. The zero-order valence-electron chi connectivity index (χ0n) is 21.1. The molecule has 11 heteroatoms. The number of ether oxygens (including phenoxy) is 2. The number of nitrogens with zero attached hydrogens (tertiary/aromatic N) is 5. The second kappa shape index (κ2) is 11.3. The Hall–Kier alpha value is -2.85. The molecule has 0 saturated carbocycles. The molecule has 4 heterocycles. The Balaban J connectivity index is 1.11. The van der Waals surface area contributed by atoms with E-state index in [4.69, 9.17) is 37.7 Å². The maximum atomic E-state index is 14.5. The number of halogens is 4. The molecule has 39 heavy (non-hydrogen) atoms. The molecule has 2 fully saturated rings. The highest BCUT2D eigenvalue weighted by atomic mass is 35.5. The van der Waals surface area contributed by atoms with Crippen LogP contribution in [0.25, 0.3) is 11.2 Å². The number of hydrogen-bond donors (Lipinski definition) is 0. The molecule has 2 aromatic carbocycles. The molecule has 1 atom stereocenters. The zero-order valence-corrected chi connectivity index (χ0v) is 22.6. The standard InChI is InChI=1S/C28H27Cl2F2N5O2/c29-20-3-1-19(23(32)12-20)16-39-25-11-18(2-4-22(25)31)17-5-8-36(9-6-17)15-27-33-24-13-26(30)34-35-28(24)37(27)14-21-7-10-38-21/h1-4,11-13,17,21H,5-10,14-16H2. The summed E-state index contributed by atoms with van der Waals surface area (Å²) in [5.74, 6) is 0.361. The van der Waals surface area contributed by atoms with Gasteiger partial charge in [0.15, 0.2) is 22.4 Å². The second-order valence-corrected chi connectivity index (χ2v) is 10.9. The number of imidazole rings is 1. The Kier molecular flexibility index (Phi) is 7.66. The van der Waals surface area contributed by atoms with E-state index in [2.05, 4.69) is 19.7 Å². The van der Waals surface area contributed by atoms with Gasteiger partial charge in [-0.05, 0) is 68.1 Å². The van der Waals surface area contributed by atoms with Crippen molar-refractivity contribution in [3.8, 4) is 5.75 Å². The Bertz CT molecular complexity index is 1490. The van der Waals surface area contributed by atoms with Crippen LogP contribution in [-0.4, -0.2) is 50.4 Å². The third kappa shape index (κ3) is 5.87. The summed E-state index contributed by atoms with van der Waals surface area (Å²) in [4.78, 5) is 7.19. The summed E-state index contributed by atoms with van der Waals surface area (Å²) in [5, 5.41) is 8.93. The fraction of sp³-hybridized carbons (Fsp3) is 0.393. The van der Waals surface area contributed by atoms with E-state index in [0.29, 0.717) is 28.8 Å². The van der Waals surface area contributed by atoms with Gasteiger partial charge >= 0.3 is 0 Å². The first kappa shape index (κ1) is 26.4. The Morgan fingerprint density at radius 1 is 0.974 bits per heavy atom. The first-order chi connectivity index (χ1) is 18.9. The van der Waals surface area contributed by atoms with Crippen molar-refractivity contribution >= 4 is 34.4 Å². The van der Waals surface area contributed by atoms with Crippen LogP contribution >= 0.6 is 23.2 Å². The molecule has 1 unspecified atom stereocenters. The number of fused-ring (bicyclic) bond motifs is 1. The van der Waals surface area contributed by atoms with Gasteiger partial charge in [-0.3, -0.25) is 4.90 Å². The molecule has 2 aromatic heterocycles. The van der Waals surface area contributed by atoms with Crippen LogP contribution in [0.1, 0.15) is 42.1 Å². The molecule has 0 radical (unpaired) electrons. The molecular formula is C28H27Cl2F2N5O2. The number of rotatable bonds is 8. The van der Waals surface area contributed by atoms with Crippen molar-refractivity contribution in [1.82, 2.24) is 24.6 Å². The lowest BCUT2D eigenvalue weighted by molar-refractivity contribution is -0.0593. The largest absolute Gasteiger partial charge is 0.486 e. The molecular weight excluding hydrogens is 547 g/mol. The third-order valence-electron chi connectivity index (χ3n) is 7.50. The summed E-state index contributed by atoms with van der Waals surface area (Å²) >= 11 is 11.9. The summed E-state index contributed by atoms with van der Waals surface area (Å²) in [7, 11) is 0. The summed E-state index contributed by atoms with van der Waals surface area (Å²) < 4.78 is 42.0. The van der Waals surface area contributed by atoms with Gasteiger partial charge in [0, 0.05) is 23.3 Å². The van der Waals surface area contributed by atoms with Gasteiger partial charge in [0.2, 0.25) is 0 Å². The Morgan fingerprint density at radius 2 is 1.79 bits per heavy atom. The average molecular weight is 574 g/mol. The molecule has 0 aliphatic carbocycles. The van der Waals surface area contributed by atoms with E-state index in [-0.39, 0.29) is 24.4 Å². The van der Waals surface area contributed by atoms with Gasteiger partial charge in [-0.15, -0.1) is 10.2 Å². The monoisotopic (exact) mass is 573 g/mol. The summed E-state index contributed by atoms with van der Waals surface area (Å²) in [6.45, 7) is 3.80. The van der Waals surface area contributed by atoms with E-state index >= 15 is 0 Å². The van der Waals surface area contributed by atoms with Crippen LogP contribution in [0, 0.1) is 11.6 Å². The van der Waals surface area contributed by atoms with Gasteiger partial charge in [-0.2, -0.15) is 0 Å². The van der Waals surface area contributed by atoms with Crippen molar-refractivity contribution in [2.24, 2.45) is 0 Å². The normalized spacial score (nSPS) is 18.4. The van der Waals surface area contributed by atoms with Crippen molar-refractivity contribution in [2.45, 2.75) is 51.0 Å². The van der Waals surface area contributed by atoms with Gasteiger partial charge in [0.05, 0.1) is 19.2 Å². The third-order valence-corrected chi connectivity index (χ3v) is 7.92. The predicted octanol–water partition coefficient (Wildman–Crippen LogP) is 6.16. The van der Waals surface area contributed by atoms with Crippen LogP contribution in [0.3, 0.4) is 0 Å². The average Bonchev–Trinajstić information content (AvgIpc) is 3.22. The Morgan fingerprint density at radius 3 is 2.54 bits per heavy atom. The molecule has 2 aliphatic heterocycles. The van der Waals surface area contributed by atoms with Crippen molar-refractivity contribution < 1.29 is 18.3 Å². The van der Waals surface area contributed by atoms with Crippen LogP contribution in [-0.2, 0) is 24.4 Å². The van der Waals surface area contributed by atoms with Crippen LogP contribution in [0.4, 0.5) is 8.78 Å². The van der Waals surface area contributed by atoms with Crippen molar-refractivity contribution in [3.05, 3.63) is 81.2 Å². The highest BCUT2D eigenvalue weighted by Crippen LogP contribution is 2.33. The molecule has 2 saturated heterocycles. The smallest absolute Gasteiger partial charge is 0.182 e. The maximum Gasteiger partial charge on any atom is 0.182 e. The summed E-state index contributed by atoms with van der Waals surface area (Å²) in [5.41, 5.74) is 2.79. The molecule has 4 aromatic rings. The van der Waals surface area contributed by atoms with E-state index in [0.717, 1.165) is 61.5 Å².